The van der Waals surface area contributed by atoms with Crippen molar-refractivity contribution in [1.82, 2.24) is 10.3 Å². The Bertz CT molecular complexity index is 717. The number of carboxylic acids is 1. The number of halogens is 2. The third kappa shape index (κ3) is 3.56. The summed E-state index contributed by atoms with van der Waals surface area (Å²) in [4.78, 5) is 26.9. The molecule has 1 aromatic heterocycles. The van der Waals surface area contributed by atoms with Gasteiger partial charge in [-0.25, -0.2) is 14.2 Å². The lowest BCUT2D eigenvalue weighted by Crippen LogP contribution is -2.23. The van der Waals surface area contributed by atoms with Gasteiger partial charge < -0.3 is 10.4 Å². The number of nitrogens with zero attached hydrogens (tertiary/aromatic N) is 1. The average Bonchev–Trinajstić information content (AvgIpc) is 2.80. The summed E-state index contributed by atoms with van der Waals surface area (Å²) in [6, 6.07) is 3.67. The van der Waals surface area contributed by atoms with E-state index in [1.54, 1.807) is 6.92 Å². The fourth-order valence-electron chi connectivity index (χ4n) is 1.65. The molecule has 110 valence electrons. The number of aromatic carboxylic acids is 1. The van der Waals surface area contributed by atoms with Crippen LogP contribution in [-0.4, -0.2) is 22.0 Å². The number of nitrogens with one attached hydrogen (secondary N) is 1. The van der Waals surface area contributed by atoms with Crippen LogP contribution in [0.4, 0.5) is 4.39 Å². The largest absolute Gasteiger partial charge is 0.477 e. The fourth-order valence-corrected chi connectivity index (χ4v) is 2.66. The molecule has 1 heterocycles. The predicted molar refractivity (Wildman–Crippen MR) is 76.4 cm³/mol. The molecule has 0 bridgehead atoms. The number of aryl methyl sites for hydroxylation is 1. The molecule has 2 aromatic rings. The number of carbonyl (C=O) groups is 2. The van der Waals surface area contributed by atoms with Gasteiger partial charge in [-0.3, -0.25) is 4.79 Å². The molecule has 5 nitrogen and oxygen atoms in total. The van der Waals surface area contributed by atoms with E-state index in [0.717, 1.165) is 17.4 Å². The van der Waals surface area contributed by atoms with E-state index in [2.05, 4.69) is 10.3 Å². The van der Waals surface area contributed by atoms with Crippen molar-refractivity contribution < 1.29 is 19.1 Å². The standard InChI is InChI=1S/C13H10ClFN2O3S/c1-6-11(13(19)20)21-10(17-6)5-16-12(18)8-4-7(14)2-3-9(8)15/h2-4H,5H2,1H3,(H,16,18)(H,19,20). The van der Waals surface area contributed by atoms with Crippen LogP contribution in [0.3, 0.4) is 0 Å². The van der Waals surface area contributed by atoms with Crippen molar-refractivity contribution in [2.45, 2.75) is 13.5 Å². The van der Waals surface area contributed by atoms with Crippen molar-refractivity contribution >= 4 is 34.8 Å². The molecule has 0 saturated heterocycles. The monoisotopic (exact) mass is 328 g/mol. The molecule has 0 atom stereocenters. The van der Waals surface area contributed by atoms with Crippen LogP contribution in [0.2, 0.25) is 5.02 Å². The van der Waals surface area contributed by atoms with E-state index >= 15 is 0 Å². The van der Waals surface area contributed by atoms with Crippen LogP contribution in [0.25, 0.3) is 0 Å². The lowest BCUT2D eigenvalue weighted by atomic mass is 10.2. The number of hydrogen-bond donors (Lipinski definition) is 2. The van der Waals surface area contributed by atoms with Gasteiger partial charge in [-0.2, -0.15) is 0 Å². The molecule has 0 fully saturated rings. The molecule has 0 aliphatic rings. The number of carbonyl (C=O) groups excluding carboxylic acids is 1. The molecule has 0 radical (unpaired) electrons. The van der Waals surface area contributed by atoms with Crippen LogP contribution >= 0.6 is 22.9 Å². The summed E-state index contributed by atoms with van der Waals surface area (Å²) in [6.07, 6.45) is 0. The highest BCUT2D eigenvalue weighted by atomic mass is 35.5. The number of rotatable bonds is 4. The minimum absolute atomic E-state index is 0.0174. The highest BCUT2D eigenvalue weighted by molar-refractivity contribution is 7.13. The topological polar surface area (TPSA) is 79.3 Å². The molecule has 21 heavy (non-hydrogen) atoms. The van der Waals surface area contributed by atoms with Crippen LogP contribution in [0.15, 0.2) is 18.2 Å². The van der Waals surface area contributed by atoms with Crippen LogP contribution in [-0.2, 0) is 6.54 Å². The fraction of sp³-hybridized carbons (Fsp3) is 0.154. The third-order valence-corrected chi connectivity index (χ3v) is 3.99. The first-order valence-electron chi connectivity index (χ1n) is 5.81. The first-order chi connectivity index (χ1) is 9.88. The number of aromatic nitrogens is 1. The average molecular weight is 329 g/mol. The van der Waals surface area contributed by atoms with Gasteiger partial charge >= 0.3 is 5.97 Å². The van der Waals surface area contributed by atoms with E-state index < -0.39 is 17.7 Å². The van der Waals surface area contributed by atoms with Gasteiger partial charge in [0.25, 0.3) is 5.91 Å². The summed E-state index contributed by atoms with van der Waals surface area (Å²) in [5, 5.41) is 12.1. The first kappa shape index (κ1) is 15.4. The number of thiazole rings is 1. The number of hydrogen-bond acceptors (Lipinski definition) is 4. The maximum atomic E-state index is 13.5. The zero-order valence-electron chi connectivity index (χ0n) is 10.8. The molecular formula is C13H10ClFN2O3S. The minimum Gasteiger partial charge on any atom is -0.477 e. The van der Waals surface area contributed by atoms with E-state index in [9.17, 15) is 14.0 Å². The van der Waals surface area contributed by atoms with Crippen LogP contribution in [0.1, 0.15) is 30.7 Å². The van der Waals surface area contributed by atoms with E-state index in [1.165, 1.54) is 12.1 Å². The highest BCUT2D eigenvalue weighted by Crippen LogP contribution is 2.18. The summed E-state index contributed by atoms with van der Waals surface area (Å²) in [5.41, 5.74) is 0.208. The summed E-state index contributed by atoms with van der Waals surface area (Å²) in [7, 11) is 0. The van der Waals surface area contributed by atoms with Gasteiger partial charge in [0.2, 0.25) is 0 Å². The lowest BCUT2D eigenvalue weighted by Gasteiger charge is -2.04. The molecule has 8 heteroatoms. The summed E-state index contributed by atoms with van der Waals surface area (Å²) in [6.45, 7) is 1.59. The van der Waals surface area contributed by atoms with Gasteiger partial charge in [-0.1, -0.05) is 11.6 Å². The SMILES string of the molecule is Cc1nc(CNC(=O)c2cc(Cl)ccc2F)sc1C(=O)O. The van der Waals surface area contributed by atoms with Crippen molar-refractivity contribution in [3.8, 4) is 0 Å². The number of amides is 1. The van der Waals surface area contributed by atoms with E-state index in [-0.39, 0.29) is 22.0 Å². The van der Waals surface area contributed by atoms with Gasteiger partial charge in [0.1, 0.15) is 15.7 Å². The van der Waals surface area contributed by atoms with E-state index in [0.29, 0.717) is 10.7 Å². The zero-order valence-corrected chi connectivity index (χ0v) is 12.4. The Labute approximate surface area is 128 Å². The summed E-state index contributed by atoms with van der Waals surface area (Å²) >= 11 is 6.68. The Morgan fingerprint density at radius 3 is 2.81 bits per heavy atom. The molecule has 0 spiro atoms. The van der Waals surface area contributed by atoms with Crippen molar-refractivity contribution in [1.29, 1.82) is 0 Å². The Balaban J connectivity index is 2.09. The molecule has 1 amide bonds. The normalized spacial score (nSPS) is 10.4. The zero-order chi connectivity index (χ0) is 15.6. The van der Waals surface area contributed by atoms with Crippen molar-refractivity contribution in [2.75, 3.05) is 0 Å². The van der Waals surface area contributed by atoms with Gasteiger partial charge in [0, 0.05) is 5.02 Å². The minimum atomic E-state index is -1.07. The molecule has 0 aliphatic carbocycles. The summed E-state index contributed by atoms with van der Waals surface area (Å²) in [5.74, 6) is -2.39. The van der Waals surface area contributed by atoms with Gasteiger partial charge in [-0.05, 0) is 25.1 Å². The molecule has 2 rings (SSSR count). The Kier molecular flexibility index (Phi) is 4.54. The second-order valence-electron chi connectivity index (χ2n) is 4.13. The van der Waals surface area contributed by atoms with Crippen molar-refractivity contribution in [3.05, 3.63) is 50.2 Å². The third-order valence-electron chi connectivity index (χ3n) is 2.61. The van der Waals surface area contributed by atoms with Crippen LogP contribution < -0.4 is 5.32 Å². The number of benzene rings is 1. The molecule has 1 aromatic carbocycles. The number of carboxylic acid groups (broad SMARTS) is 1. The maximum Gasteiger partial charge on any atom is 0.347 e. The second kappa shape index (κ2) is 6.19. The summed E-state index contributed by atoms with van der Waals surface area (Å²) < 4.78 is 13.5. The maximum absolute atomic E-state index is 13.5. The van der Waals surface area contributed by atoms with Crippen LogP contribution in [0, 0.1) is 12.7 Å². The quantitative estimate of drug-likeness (QED) is 0.904. The predicted octanol–water partition coefficient (Wildman–Crippen LogP) is 2.87. The van der Waals surface area contributed by atoms with Crippen molar-refractivity contribution in [2.24, 2.45) is 0 Å². The molecule has 2 N–H and O–H groups in total. The lowest BCUT2D eigenvalue weighted by molar-refractivity contribution is 0.0701. The molecule has 0 saturated carbocycles. The second-order valence-corrected chi connectivity index (χ2v) is 5.65. The Morgan fingerprint density at radius 2 is 2.19 bits per heavy atom. The van der Waals surface area contributed by atoms with Gasteiger partial charge in [-0.15, -0.1) is 11.3 Å². The Morgan fingerprint density at radius 1 is 1.48 bits per heavy atom. The van der Waals surface area contributed by atoms with E-state index in [4.69, 9.17) is 16.7 Å². The smallest absolute Gasteiger partial charge is 0.347 e. The molecular weight excluding hydrogens is 319 g/mol. The Hall–Kier alpha value is -1.99. The highest BCUT2D eigenvalue weighted by Gasteiger charge is 2.16. The van der Waals surface area contributed by atoms with Crippen LogP contribution in [0.5, 0.6) is 0 Å². The van der Waals surface area contributed by atoms with Crippen molar-refractivity contribution in [3.63, 3.8) is 0 Å². The molecule has 0 unspecified atom stereocenters. The van der Waals surface area contributed by atoms with Gasteiger partial charge in [0.15, 0.2) is 0 Å². The first-order valence-corrected chi connectivity index (χ1v) is 7.00. The van der Waals surface area contributed by atoms with Gasteiger partial charge in [0.05, 0.1) is 17.8 Å². The molecule has 0 aliphatic heterocycles. The van der Waals surface area contributed by atoms with E-state index in [1.807, 2.05) is 0 Å².